The Morgan fingerprint density at radius 2 is 2.20 bits per heavy atom. The molecule has 3 atom stereocenters. The molecular weight excluding hydrogens is 256 g/mol. The summed E-state index contributed by atoms with van der Waals surface area (Å²) in [7, 11) is 0. The van der Waals surface area contributed by atoms with Gasteiger partial charge in [0.1, 0.15) is 0 Å². The van der Waals surface area contributed by atoms with E-state index in [1.807, 2.05) is 4.90 Å². The average molecular weight is 282 g/mol. The lowest BCUT2D eigenvalue weighted by atomic mass is 10.1. The molecule has 2 aliphatic heterocycles. The van der Waals surface area contributed by atoms with Crippen LogP contribution in [0.25, 0.3) is 0 Å². The number of β-amino-alcohol motifs (C(OH)–C–C–N with tert-alkyl or cyclic N) is 1. The number of nitrogens with zero attached hydrogens (tertiary/aromatic N) is 2. The van der Waals surface area contributed by atoms with E-state index in [0.717, 1.165) is 45.7 Å². The molecule has 1 saturated carbocycles. The Hall–Kier alpha value is -0.850. The summed E-state index contributed by atoms with van der Waals surface area (Å²) < 4.78 is 0. The second-order valence-electron chi connectivity index (χ2n) is 6.22. The minimum absolute atomic E-state index is 0.0671. The number of hydrogen-bond donors (Lipinski definition) is 3. The van der Waals surface area contributed by atoms with Gasteiger partial charge in [-0.15, -0.1) is 0 Å². The molecule has 114 valence electrons. The van der Waals surface area contributed by atoms with E-state index in [-0.39, 0.29) is 12.1 Å². The number of amides is 2. The highest BCUT2D eigenvalue weighted by atomic mass is 16.3. The largest absolute Gasteiger partial charge is 0.392 e. The third-order valence-electron chi connectivity index (χ3n) is 4.88. The van der Waals surface area contributed by atoms with Gasteiger partial charge in [0.05, 0.1) is 6.10 Å². The zero-order valence-electron chi connectivity index (χ0n) is 12.1. The van der Waals surface area contributed by atoms with E-state index in [2.05, 4.69) is 15.5 Å². The highest BCUT2D eigenvalue weighted by Gasteiger charge is 2.35. The van der Waals surface area contributed by atoms with Gasteiger partial charge in [0.15, 0.2) is 0 Å². The molecule has 20 heavy (non-hydrogen) atoms. The summed E-state index contributed by atoms with van der Waals surface area (Å²) >= 11 is 0. The van der Waals surface area contributed by atoms with Crippen molar-refractivity contribution in [3.05, 3.63) is 0 Å². The van der Waals surface area contributed by atoms with Crippen molar-refractivity contribution < 1.29 is 9.90 Å². The SMILES string of the molecule is O=C1NCCN1CCN[C@@H]1CCC[C@@H]1N1CCC(O)C1. The van der Waals surface area contributed by atoms with Crippen molar-refractivity contribution in [2.45, 2.75) is 43.9 Å². The van der Waals surface area contributed by atoms with Crippen LogP contribution in [0.15, 0.2) is 0 Å². The third kappa shape index (κ3) is 3.07. The first-order chi connectivity index (χ1) is 9.74. The summed E-state index contributed by atoms with van der Waals surface area (Å²) in [4.78, 5) is 15.8. The lowest BCUT2D eigenvalue weighted by Gasteiger charge is -2.30. The molecule has 1 aliphatic carbocycles. The van der Waals surface area contributed by atoms with Crippen LogP contribution in [-0.2, 0) is 0 Å². The molecule has 3 aliphatic rings. The summed E-state index contributed by atoms with van der Waals surface area (Å²) in [5.74, 6) is 0. The first-order valence-electron chi connectivity index (χ1n) is 7.92. The van der Waals surface area contributed by atoms with Crippen LogP contribution in [0.3, 0.4) is 0 Å². The standard InChI is InChI=1S/C14H26N4O2/c19-11-4-7-18(10-11)13-3-1-2-12(13)15-5-8-17-9-6-16-14(17)20/h11-13,15,19H,1-10H2,(H,16,20)/t11?,12-,13+/m1/s1. The van der Waals surface area contributed by atoms with Gasteiger partial charge in [0.25, 0.3) is 0 Å². The van der Waals surface area contributed by atoms with Gasteiger partial charge in [0, 0.05) is 51.4 Å². The van der Waals surface area contributed by atoms with Gasteiger partial charge >= 0.3 is 6.03 Å². The fourth-order valence-electron chi connectivity index (χ4n) is 3.79. The van der Waals surface area contributed by atoms with E-state index < -0.39 is 0 Å². The Kier molecular flexibility index (Phi) is 4.43. The monoisotopic (exact) mass is 282 g/mol. The van der Waals surface area contributed by atoms with E-state index >= 15 is 0 Å². The molecule has 0 aromatic heterocycles. The van der Waals surface area contributed by atoms with Crippen LogP contribution in [0.2, 0.25) is 0 Å². The lowest BCUT2D eigenvalue weighted by molar-refractivity contribution is 0.149. The van der Waals surface area contributed by atoms with Crippen molar-refractivity contribution in [1.29, 1.82) is 0 Å². The van der Waals surface area contributed by atoms with Crippen molar-refractivity contribution >= 4 is 6.03 Å². The molecule has 6 heteroatoms. The molecule has 2 amide bonds. The molecule has 0 spiro atoms. The predicted octanol–water partition coefficient (Wildman–Crippen LogP) is -0.411. The minimum atomic E-state index is -0.135. The number of carbonyl (C=O) groups excluding carboxylic acids is 1. The molecule has 1 unspecified atom stereocenters. The van der Waals surface area contributed by atoms with Crippen LogP contribution in [0.4, 0.5) is 4.79 Å². The average Bonchev–Trinajstić information content (AvgIpc) is 3.12. The van der Waals surface area contributed by atoms with E-state index in [0.29, 0.717) is 12.1 Å². The summed E-state index contributed by atoms with van der Waals surface area (Å²) in [5, 5.41) is 16.1. The zero-order valence-corrected chi connectivity index (χ0v) is 12.1. The molecule has 3 fully saturated rings. The van der Waals surface area contributed by atoms with E-state index in [1.165, 1.54) is 19.3 Å². The van der Waals surface area contributed by atoms with E-state index in [1.54, 1.807) is 0 Å². The predicted molar refractivity (Wildman–Crippen MR) is 76.6 cm³/mol. The van der Waals surface area contributed by atoms with Crippen LogP contribution >= 0.6 is 0 Å². The van der Waals surface area contributed by atoms with Crippen LogP contribution in [0, 0.1) is 0 Å². The molecule has 0 radical (unpaired) electrons. The summed E-state index contributed by atoms with van der Waals surface area (Å²) in [6, 6.07) is 1.16. The molecule has 3 N–H and O–H groups in total. The van der Waals surface area contributed by atoms with Gasteiger partial charge in [-0.3, -0.25) is 4.90 Å². The first-order valence-corrected chi connectivity index (χ1v) is 7.92. The Morgan fingerprint density at radius 3 is 2.90 bits per heavy atom. The van der Waals surface area contributed by atoms with E-state index in [4.69, 9.17) is 0 Å². The molecule has 0 aromatic carbocycles. The highest BCUT2D eigenvalue weighted by molar-refractivity contribution is 5.76. The highest BCUT2D eigenvalue weighted by Crippen LogP contribution is 2.27. The van der Waals surface area contributed by atoms with Crippen LogP contribution in [-0.4, -0.2) is 78.4 Å². The Bertz CT molecular complexity index is 352. The number of rotatable bonds is 5. The molecule has 0 aromatic rings. The molecule has 0 bridgehead atoms. The number of aliphatic hydroxyl groups excluding tert-OH is 1. The second-order valence-corrected chi connectivity index (χ2v) is 6.22. The smallest absolute Gasteiger partial charge is 0.317 e. The third-order valence-corrected chi connectivity index (χ3v) is 4.88. The van der Waals surface area contributed by atoms with Gasteiger partial charge in [0.2, 0.25) is 0 Å². The summed E-state index contributed by atoms with van der Waals surface area (Å²) in [6.07, 6.45) is 4.48. The Labute approximate surface area is 120 Å². The number of hydrogen-bond acceptors (Lipinski definition) is 4. The number of urea groups is 1. The lowest BCUT2D eigenvalue weighted by Crippen LogP contribution is -2.48. The van der Waals surface area contributed by atoms with Gasteiger partial charge < -0.3 is 20.6 Å². The van der Waals surface area contributed by atoms with Gasteiger partial charge in [-0.2, -0.15) is 0 Å². The zero-order chi connectivity index (χ0) is 13.9. The van der Waals surface area contributed by atoms with Crippen molar-refractivity contribution in [2.24, 2.45) is 0 Å². The van der Waals surface area contributed by atoms with Crippen LogP contribution in [0.5, 0.6) is 0 Å². The van der Waals surface area contributed by atoms with E-state index in [9.17, 15) is 9.90 Å². The maximum atomic E-state index is 11.5. The Balaban J connectivity index is 1.43. The molecule has 2 saturated heterocycles. The Morgan fingerprint density at radius 1 is 1.30 bits per heavy atom. The van der Waals surface area contributed by atoms with Crippen LogP contribution in [0.1, 0.15) is 25.7 Å². The van der Waals surface area contributed by atoms with Gasteiger partial charge in [-0.25, -0.2) is 4.79 Å². The number of carbonyl (C=O) groups is 1. The fourth-order valence-corrected chi connectivity index (χ4v) is 3.79. The fraction of sp³-hybridized carbons (Fsp3) is 0.929. The minimum Gasteiger partial charge on any atom is -0.392 e. The van der Waals surface area contributed by atoms with Crippen molar-refractivity contribution in [2.75, 3.05) is 39.3 Å². The van der Waals surface area contributed by atoms with Crippen molar-refractivity contribution in [3.8, 4) is 0 Å². The normalized spacial score (nSPS) is 35.0. The quantitative estimate of drug-likeness (QED) is 0.641. The summed E-state index contributed by atoms with van der Waals surface area (Å²) in [5.41, 5.74) is 0. The number of aliphatic hydroxyl groups is 1. The summed E-state index contributed by atoms with van der Waals surface area (Å²) in [6.45, 7) is 5.11. The second kappa shape index (κ2) is 6.28. The van der Waals surface area contributed by atoms with Crippen molar-refractivity contribution in [1.82, 2.24) is 20.4 Å². The maximum absolute atomic E-state index is 11.5. The number of nitrogens with one attached hydrogen (secondary N) is 2. The topological polar surface area (TPSA) is 67.8 Å². The molecule has 6 nitrogen and oxygen atoms in total. The molecule has 2 heterocycles. The van der Waals surface area contributed by atoms with Gasteiger partial charge in [-0.1, -0.05) is 6.42 Å². The van der Waals surface area contributed by atoms with Gasteiger partial charge in [-0.05, 0) is 19.3 Å². The van der Waals surface area contributed by atoms with Crippen LogP contribution < -0.4 is 10.6 Å². The molecular formula is C14H26N4O2. The first kappa shape index (κ1) is 14.1. The molecule has 3 rings (SSSR count). The van der Waals surface area contributed by atoms with Crippen molar-refractivity contribution in [3.63, 3.8) is 0 Å². The number of likely N-dealkylation sites (tertiary alicyclic amines) is 1. The maximum Gasteiger partial charge on any atom is 0.317 e.